The van der Waals surface area contributed by atoms with Crippen LogP contribution in [0.3, 0.4) is 0 Å². The topological polar surface area (TPSA) is 76.7 Å². The fourth-order valence-corrected chi connectivity index (χ4v) is 2.41. The van der Waals surface area contributed by atoms with Gasteiger partial charge in [0, 0.05) is 17.1 Å². The van der Waals surface area contributed by atoms with E-state index < -0.39 is 0 Å². The van der Waals surface area contributed by atoms with Gasteiger partial charge in [-0.05, 0) is 23.8 Å². The van der Waals surface area contributed by atoms with E-state index in [4.69, 9.17) is 28.9 Å². The highest BCUT2D eigenvalue weighted by Crippen LogP contribution is 2.28. The zero-order valence-electron chi connectivity index (χ0n) is 12.0. The van der Waals surface area contributed by atoms with Gasteiger partial charge in [-0.1, -0.05) is 53.5 Å². The molecule has 0 amide bonds. The fraction of sp³-hybridized carbons (Fsp3) is 0.0625. The number of nitrogens with two attached hydrogens (primary N) is 1. The number of nitrogen functional groups attached to an aromatic ring is 1. The lowest BCUT2D eigenvalue weighted by atomic mass is 10.2. The minimum Gasteiger partial charge on any atom is -0.368 e. The van der Waals surface area contributed by atoms with E-state index in [1.54, 1.807) is 18.2 Å². The molecule has 0 spiro atoms. The van der Waals surface area contributed by atoms with Crippen LogP contribution in [0.4, 0.5) is 11.9 Å². The van der Waals surface area contributed by atoms with E-state index in [9.17, 15) is 0 Å². The van der Waals surface area contributed by atoms with Crippen LogP contribution >= 0.6 is 23.2 Å². The lowest BCUT2D eigenvalue weighted by molar-refractivity contribution is 1.02. The molecule has 0 saturated carbocycles. The van der Waals surface area contributed by atoms with Crippen molar-refractivity contribution in [1.29, 1.82) is 0 Å². The molecule has 3 rings (SSSR count). The first-order valence-electron chi connectivity index (χ1n) is 6.86. The van der Waals surface area contributed by atoms with Gasteiger partial charge < -0.3 is 11.1 Å². The molecule has 0 aliphatic carbocycles. The average molecular weight is 346 g/mol. The lowest BCUT2D eigenvalue weighted by Crippen LogP contribution is -2.08. The summed E-state index contributed by atoms with van der Waals surface area (Å²) in [6, 6.07) is 15.0. The summed E-state index contributed by atoms with van der Waals surface area (Å²) in [6.45, 7) is 0.576. The SMILES string of the molecule is Nc1nc(NCc2ccccc2)nc(-c2cc(Cl)ccc2Cl)n1. The van der Waals surface area contributed by atoms with Crippen molar-refractivity contribution in [3.63, 3.8) is 0 Å². The summed E-state index contributed by atoms with van der Waals surface area (Å²) in [5.41, 5.74) is 7.49. The Kier molecular flexibility index (Phi) is 4.60. The molecule has 2 aromatic carbocycles. The van der Waals surface area contributed by atoms with Gasteiger partial charge in [-0.3, -0.25) is 0 Å². The third-order valence-corrected chi connectivity index (χ3v) is 3.68. The molecule has 23 heavy (non-hydrogen) atoms. The van der Waals surface area contributed by atoms with Gasteiger partial charge in [0.05, 0.1) is 5.02 Å². The van der Waals surface area contributed by atoms with Crippen molar-refractivity contribution in [1.82, 2.24) is 15.0 Å². The first-order chi connectivity index (χ1) is 11.1. The molecule has 0 bridgehead atoms. The molecule has 0 atom stereocenters. The first-order valence-corrected chi connectivity index (χ1v) is 7.62. The Balaban J connectivity index is 1.88. The smallest absolute Gasteiger partial charge is 0.228 e. The van der Waals surface area contributed by atoms with Crippen LogP contribution in [0.5, 0.6) is 0 Å². The number of aromatic nitrogens is 3. The number of anilines is 2. The molecule has 116 valence electrons. The molecule has 0 saturated heterocycles. The Morgan fingerprint density at radius 2 is 1.74 bits per heavy atom. The van der Waals surface area contributed by atoms with Crippen LogP contribution in [0, 0.1) is 0 Å². The van der Waals surface area contributed by atoms with Gasteiger partial charge >= 0.3 is 0 Å². The quantitative estimate of drug-likeness (QED) is 0.746. The molecule has 5 nitrogen and oxygen atoms in total. The van der Waals surface area contributed by atoms with Gasteiger partial charge in [0.25, 0.3) is 0 Å². The fourth-order valence-electron chi connectivity index (χ4n) is 2.04. The predicted molar refractivity (Wildman–Crippen MR) is 93.5 cm³/mol. The highest BCUT2D eigenvalue weighted by molar-refractivity contribution is 6.35. The van der Waals surface area contributed by atoms with E-state index in [1.807, 2.05) is 30.3 Å². The maximum Gasteiger partial charge on any atom is 0.228 e. The highest BCUT2D eigenvalue weighted by atomic mass is 35.5. The van der Waals surface area contributed by atoms with Crippen molar-refractivity contribution in [3.05, 3.63) is 64.1 Å². The third-order valence-electron chi connectivity index (χ3n) is 3.12. The molecule has 1 aromatic heterocycles. The summed E-state index contributed by atoms with van der Waals surface area (Å²) in [6.07, 6.45) is 0. The zero-order chi connectivity index (χ0) is 16.2. The van der Waals surface area contributed by atoms with Crippen molar-refractivity contribution in [2.24, 2.45) is 0 Å². The third kappa shape index (κ3) is 3.88. The Bertz CT molecular complexity index is 824. The zero-order valence-corrected chi connectivity index (χ0v) is 13.5. The van der Waals surface area contributed by atoms with Gasteiger partial charge in [-0.15, -0.1) is 0 Å². The number of hydrogen-bond acceptors (Lipinski definition) is 5. The lowest BCUT2D eigenvalue weighted by Gasteiger charge is -2.08. The summed E-state index contributed by atoms with van der Waals surface area (Å²) in [5.74, 6) is 0.870. The van der Waals surface area contributed by atoms with Gasteiger partial charge in [0.2, 0.25) is 11.9 Å². The van der Waals surface area contributed by atoms with E-state index >= 15 is 0 Å². The minimum atomic E-state index is 0.113. The maximum absolute atomic E-state index is 6.19. The predicted octanol–water partition coefficient (Wildman–Crippen LogP) is 4.04. The molecule has 3 N–H and O–H groups in total. The Hall–Kier alpha value is -2.37. The van der Waals surface area contributed by atoms with Crippen LogP contribution in [-0.2, 0) is 6.54 Å². The summed E-state index contributed by atoms with van der Waals surface area (Å²) < 4.78 is 0. The van der Waals surface area contributed by atoms with E-state index in [2.05, 4.69) is 20.3 Å². The van der Waals surface area contributed by atoms with Crippen LogP contribution in [0.1, 0.15) is 5.56 Å². The monoisotopic (exact) mass is 345 g/mol. The molecule has 0 aliphatic heterocycles. The second-order valence-electron chi connectivity index (χ2n) is 4.80. The molecule has 0 fully saturated rings. The van der Waals surface area contributed by atoms with Gasteiger partial charge in [0.15, 0.2) is 5.82 Å². The number of rotatable bonds is 4. The number of nitrogens with zero attached hydrogens (tertiary/aromatic N) is 3. The molecule has 0 radical (unpaired) electrons. The molecule has 3 aromatic rings. The maximum atomic E-state index is 6.19. The van der Waals surface area contributed by atoms with Crippen LogP contribution in [-0.4, -0.2) is 15.0 Å². The summed E-state index contributed by atoms with van der Waals surface area (Å²) in [7, 11) is 0. The normalized spacial score (nSPS) is 10.5. The standard InChI is InChI=1S/C16H13Cl2N5/c17-11-6-7-13(18)12(8-11)14-21-15(19)23-16(22-14)20-9-10-4-2-1-3-5-10/h1-8H,9H2,(H3,19,20,21,22,23). The van der Waals surface area contributed by atoms with Gasteiger partial charge in [0.1, 0.15) is 0 Å². The Labute approximate surface area is 143 Å². The molecule has 1 heterocycles. The van der Waals surface area contributed by atoms with Crippen molar-refractivity contribution in [2.75, 3.05) is 11.1 Å². The molecule has 7 heteroatoms. The molecular weight excluding hydrogens is 333 g/mol. The largest absolute Gasteiger partial charge is 0.368 e. The van der Waals surface area contributed by atoms with Crippen LogP contribution in [0.25, 0.3) is 11.4 Å². The van der Waals surface area contributed by atoms with Gasteiger partial charge in [-0.25, -0.2) is 0 Å². The highest BCUT2D eigenvalue weighted by Gasteiger charge is 2.11. The number of nitrogens with one attached hydrogen (secondary N) is 1. The van der Waals surface area contributed by atoms with E-state index in [1.165, 1.54) is 0 Å². The summed E-state index contributed by atoms with van der Waals surface area (Å²) in [5, 5.41) is 4.17. The van der Waals surface area contributed by atoms with Crippen molar-refractivity contribution in [2.45, 2.75) is 6.54 Å². The van der Waals surface area contributed by atoms with Crippen molar-refractivity contribution in [3.8, 4) is 11.4 Å². The van der Waals surface area contributed by atoms with Crippen LogP contribution < -0.4 is 11.1 Å². The second kappa shape index (κ2) is 6.81. The second-order valence-corrected chi connectivity index (χ2v) is 5.65. The minimum absolute atomic E-state index is 0.113. The Morgan fingerprint density at radius 1 is 0.957 bits per heavy atom. The van der Waals surface area contributed by atoms with Crippen molar-refractivity contribution >= 4 is 35.1 Å². The number of benzene rings is 2. The first kappa shape index (κ1) is 15.5. The van der Waals surface area contributed by atoms with E-state index in [-0.39, 0.29) is 5.95 Å². The average Bonchev–Trinajstić information content (AvgIpc) is 2.56. The molecule has 0 aliphatic rings. The summed E-state index contributed by atoms with van der Waals surface area (Å²) in [4.78, 5) is 12.6. The summed E-state index contributed by atoms with van der Waals surface area (Å²) >= 11 is 12.2. The Morgan fingerprint density at radius 3 is 2.52 bits per heavy atom. The van der Waals surface area contributed by atoms with Crippen LogP contribution in [0.15, 0.2) is 48.5 Å². The van der Waals surface area contributed by atoms with E-state index in [0.717, 1.165) is 5.56 Å². The van der Waals surface area contributed by atoms with Gasteiger partial charge in [-0.2, -0.15) is 15.0 Å². The van der Waals surface area contributed by atoms with E-state index in [0.29, 0.717) is 33.9 Å². The van der Waals surface area contributed by atoms with Crippen molar-refractivity contribution < 1.29 is 0 Å². The number of hydrogen-bond donors (Lipinski definition) is 2. The number of halogens is 2. The molecular formula is C16H13Cl2N5. The molecule has 0 unspecified atom stereocenters. The van der Waals surface area contributed by atoms with Crippen LogP contribution in [0.2, 0.25) is 10.0 Å².